The minimum absolute atomic E-state index is 0. The van der Waals surface area contributed by atoms with Crippen molar-refractivity contribution in [1.82, 2.24) is 20.2 Å². The lowest BCUT2D eigenvalue weighted by Gasteiger charge is -2.18. The fourth-order valence-corrected chi connectivity index (χ4v) is 3.67. The van der Waals surface area contributed by atoms with Gasteiger partial charge in [-0.3, -0.25) is 9.78 Å². The van der Waals surface area contributed by atoms with Crippen molar-refractivity contribution in [2.45, 2.75) is 6.42 Å². The van der Waals surface area contributed by atoms with E-state index in [1.54, 1.807) is 12.4 Å². The molecule has 1 N–H and O–H groups in total. The lowest BCUT2D eigenvalue weighted by atomic mass is 10.0. The Labute approximate surface area is 177 Å². The number of amides is 1. The van der Waals surface area contributed by atoms with Crippen LogP contribution in [0.2, 0.25) is 0 Å². The molecule has 7 heteroatoms. The highest BCUT2D eigenvalue weighted by molar-refractivity contribution is 6.07. The van der Waals surface area contributed by atoms with Crippen molar-refractivity contribution in [1.29, 1.82) is 0 Å². The van der Waals surface area contributed by atoms with Crippen LogP contribution >= 0.6 is 24.8 Å². The van der Waals surface area contributed by atoms with Gasteiger partial charge in [0, 0.05) is 36.4 Å². The Morgan fingerprint density at radius 1 is 1.18 bits per heavy atom. The van der Waals surface area contributed by atoms with E-state index in [1.165, 1.54) is 0 Å². The minimum atomic E-state index is 0. The topological polar surface area (TPSA) is 58.1 Å². The van der Waals surface area contributed by atoms with Gasteiger partial charge >= 0.3 is 0 Å². The molecule has 1 atom stereocenters. The van der Waals surface area contributed by atoms with Crippen molar-refractivity contribution < 1.29 is 4.79 Å². The average Bonchev–Trinajstić information content (AvgIpc) is 3.16. The summed E-state index contributed by atoms with van der Waals surface area (Å²) in [6.45, 7) is 2.57. The highest BCUT2D eigenvalue weighted by Gasteiger charge is 2.27. The summed E-state index contributed by atoms with van der Waals surface area (Å²) in [6.07, 6.45) is 4.54. The van der Waals surface area contributed by atoms with Crippen LogP contribution in [0.15, 0.2) is 54.9 Å². The Bertz CT molecular complexity index is 936. The molecule has 1 unspecified atom stereocenters. The van der Waals surface area contributed by atoms with E-state index in [1.807, 2.05) is 54.4 Å². The number of nitrogens with zero attached hydrogens (tertiary/aromatic N) is 3. The molecule has 1 aliphatic rings. The van der Waals surface area contributed by atoms with Gasteiger partial charge in [-0.25, -0.2) is 4.98 Å². The molecule has 2 aromatic heterocycles. The third kappa shape index (κ3) is 4.43. The first-order valence-corrected chi connectivity index (χ1v) is 9.00. The molecule has 1 amide bonds. The van der Waals surface area contributed by atoms with Crippen LogP contribution in [0, 0.1) is 5.92 Å². The molecule has 0 bridgehead atoms. The molecule has 0 aliphatic carbocycles. The van der Waals surface area contributed by atoms with E-state index in [0.717, 1.165) is 53.8 Å². The Balaban J connectivity index is 0.00000140. The van der Waals surface area contributed by atoms with Gasteiger partial charge in [0.2, 0.25) is 0 Å². The number of carbonyl (C=O) groups is 1. The quantitative estimate of drug-likeness (QED) is 0.699. The Hall–Kier alpha value is -2.21. The predicted octanol–water partition coefficient (Wildman–Crippen LogP) is 3.82. The maximum atomic E-state index is 13.3. The SMILES string of the molecule is CNCC1CCN(C(=O)c2cc(-c3ccncc3)nc3ccccc23)C1.Cl.Cl. The number of fused-ring (bicyclic) bond motifs is 1. The van der Waals surface area contributed by atoms with Crippen LogP contribution in [0.3, 0.4) is 0 Å². The number of hydrogen-bond donors (Lipinski definition) is 1. The van der Waals surface area contributed by atoms with Crippen LogP contribution in [0.1, 0.15) is 16.8 Å². The van der Waals surface area contributed by atoms with Crippen molar-refractivity contribution in [2.75, 3.05) is 26.7 Å². The van der Waals surface area contributed by atoms with Gasteiger partial charge < -0.3 is 10.2 Å². The third-order valence-electron chi connectivity index (χ3n) is 4.99. The molecule has 1 fully saturated rings. The lowest BCUT2D eigenvalue weighted by molar-refractivity contribution is 0.0789. The molecule has 3 aromatic rings. The van der Waals surface area contributed by atoms with Gasteiger partial charge in [0.15, 0.2) is 0 Å². The third-order valence-corrected chi connectivity index (χ3v) is 4.99. The molecule has 0 radical (unpaired) electrons. The number of carbonyl (C=O) groups excluding carboxylic acids is 1. The zero-order valence-corrected chi connectivity index (χ0v) is 17.3. The maximum Gasteiger partial charge on any atom is 0.254 e. The van der Waals surface area contributed by atoms with Crippen molar-refractivity contribution in [3.8, 4) is 11.3 Å². The van der Waals surface area contributed by atoms with Crippen LogP contribution in [-0.4, -0.2) is 47.5 Å². The minimum Gasteiger partial charge on any atom is -0.338 e. The zero-order chi connectivity index (χ0) is 17.9. The van der Waals surface area contributed by atoms with Crippen molar-refractivity contribution in [3.05, 3.63) is 60.4 Å². The smallest absolute Gasteiger partial charge is 0.254 e. The van der Waals surface area contributed by atoms with Crippen LogP contribution in [0.5, 0.6) is 0 Å². The summed E-state index contributed by atoms with van der Waals surface area (Å²) < 4.78 is 0. The summed E-state index contributed by atoms with van der Waals surface area (Å²) in [7, 11) is 1.96. The number of para-hydroxylation sites is 1. The van der Waals surface area contributed by atoms with Crippen molar-refractivity contribution >= 4 is 41.6 Å². The molecule has 0 saturated carbocycles. The van der Waals surface area contributed by atoms with E-state index in [2.05, 4.69) is 10.3 Å². The molecule has 3 heterocycles. The molecule has 28 heavy (non-hydrogen) atoms. The number of rotatable bonds is 4. The fraction of sp³-hybridized carbons (Fsp3) is 0.286. The first-order valence-electron chi connectivity index (χ1n) is 9.00. The summed E-state index contributed by atoms with van der Waals surface area (Å²) in [4.78, 5) is 24.1. The molecule has 148 valence electrons. The number of aromatic nitrogens is 2. The highest BCUT2D eigenvalue weighted by atomic mass is 35.5. The van der Waals surface area contributed by atoms with Crippen molar-refractivity contribution in [3.63, 3.8) is 0 Å². The second-order valence-corrected chi connectivity index (χ2v) is 6.77. The molecular weight excluding hydrogens is 395 g/mol. The lowest BCUT2D eigenvalue weighted by Crippen LogP contribution is -2.30. The largest absolute Gasteiger partial charge is 0.338 e. The monoisotopic (exact) mass is 418 g/mol. The van der Waals surface area contributed by atoms with Crippen LogP contribution in [-0.2, 0) is 0 Å². The van der Waals surface area contributed by atoms with Gasteiger partial charge in [-0.15, -0.1) is 24.8 Å². The summed E-state index contributed by atoms with van der Waals surface area (Å²) in [5.74, 6) is 0.620. The summed E-state index contributed by atoms with van der Waals surface area (Å²) in [6, 6.07) is 13.6. The van der Waals surface area contributed by atoms with Crippen LogP contribution < -0.4 is 5.32 Å². The number of pyridine rings is 2. The number of halogens is 2. The molecule has 1 saturated heterocycles. The van der Waals surface area contributed by atoms with Gasteiger partial charge in [-0.1, -0.05) is 18.2 Å². The standard InChI is InChI=1S/C21H22N4O.2ClH/c1-22-13-15-8-11-25(14-15)21(26)18-12-20(16-6-9-23-10-7-16)24-19-5-3-2-4-17(18)19;;/h2-7,9-10,12,15,22H,8,11,13-14H2,1H3;2*1H. The second kappa shape index (κ2) is 9.82. The number of hydrogen-bond acceptors (Lipinski definition) is 4. The van der Waals surface area contributed by atoms with E-state index >= 15 is 0 Å². The summed E-state index contributed by atoms with van der Waals surface area (Å²) in [5.41, 5.74) is 3.35. The van der Waals surface area contributed by atoms with E-state index in [4.69, 9.17) is 4.98 Å². The van der Waals surface area contributed by atoms with E-state index in [-0.39, 0.29) is 30.7 Å². The van der Waals surface area contributed by atoms with Gasteiger partial charge in [-0.05, 0) is 50.2 Å². The van der Waals surface area contributed by atoms with Crippen molar-refractivity contribution in [2.24, 2.45) is 5.92 Å². The normalized spacial score (nSPS) is 15.8. The average molecular weight is 419 g/mol. The van der Waals surface area contributed by atoms with Gasteiger partial charge in [0.05, 0.1) is 16.8 Å². The Morgan fingerprint density at radius 3 is 2.68 bits per heavy atom. The molecule has 1 aliphatic heterocycles. The Morgan fingerprint density at radius 2 is 1.93 bits per heavy atom. The predicted molar refractivity (Wildman–Crippen MR) is 117 cm³/mol. The first-order chi connectivity index (χ1) is 12.8. The summed E-state index contributed by atoms with van der Waals surface area (Å²) >= 11 is 0. The zero-order valence-electron chi connectivity index (χ0n) is 15.7. The number of nitrogens with one attached hydrogen (secondary N) is 1. The number of likely N-dealkylation sites (tertiary alicyclic amines) is 1. The molecule has 1 aromatic carbocycles. The first kappa shape index (κ1) is 22.1. The number of benzene rings is 1. The van der Waals surface area contributed by atoms with E-state index in [9.17, 15) is 4.79 Å². The van der Waals surface area contributed by atoms with Gasteiger partial charge in [0.1, 0.15) is 0 Å². The summed E-state index contributed by atoms with van der Waals surface area (Å²) in [5, 5.41) is 4.12. The second-order valence-electron chi connectivity index (χ2n) is 6.77. The van der Waals surface area contributed by atoms with Gasteiger partial charge in [0.25, 0.3) is 5.91 Å². The highest BCUT2D eigenvalue weighted by Crippen LogP contribution is 2.27. The van der Waals surface area contributed by atoms with E-state index < -0.39 is 0 Å². The van der Waals surface area contributed by atoms with Crippen LogP contribution in [0.25, 0.3) is 22.2 Å². The van der Waals surface area contributed by atoms with Gasteiger partial charge in [-0.2, -0.15) is 0 Å². The van der Waals surface area contributed by atoms with Crippen LogP contribution in [0.4, 0.5) is 0 Å². The van der Waals surface area contributed by atoms with E-state index in [0.29, 0.717) is 5.92 Å². The molecular formula is C21H24Cl2N4O. The molecule has 4 rings (SSSR count). The molecule has 5 nitrogen and oxygen atoms in total. The molecule has 0 spiro atoms. The Kier molecular flexibility index (Phi) is 7.75. The fourth-order valence-electron chi connectivity index (χ4n) is 3.67. The maximum absolute atomic E-state index is 13.3.